The van der Waals surface area contributed by atoms with Crippen molar-refractivity contribution in [2.24, 2.45) is 17.1 Å². The standard InChI is InChI=1S/C16H23N3O/c17-15(20)16(10-13-3-4-13)5-8-19(9-6-16)12-14-2-1-7-18-11-14/h1-2,7,11,13H,3-6,8-10,12H2,(H2,17,20). The Labute approximate surface area is 120 Å². The molecule has 1 saturated heterocycles. The second-order valence-electron chi connectivity index (χ2n) is 6.43. The van der Waals surface area contributed by atoms with Crippen molar-refractivity contribution in [3.63, 3.8) is 0 Å². The molecule has 1 saturated carbocycles. The summed E-state index contributed by atoms with van der Waals surface area (Å²) in [5, 5.41) is 0. The molecule has 1 aromatic rings. The topological polar surface area (TPSA) is 59.2 Å². The van der Waals surface area contributed by atoms with E-state index in [0.29, 0.717) is 0 Å². The third kappa shape index (κ3) is 3.01. The Kier molecular flexibility index (Phi) is 3.74. The van der Waals surface area contributed by atoms with Gasteiger partial charge in [-0.15, -0.1) is 0 Å². The minimum absolute atomic E-state index is 0.0783. The van der Waals surface area contributed by atoms with Gasteiger partial charge in [0.25, 0.3) is 0 Å². The molecule has 1 aliphatic heterocycles. The Balaban J connectivity index is 1.58. The lowest BCUT2D eigenvalue weighted by molar-refractivity contribution is -0.131. The van der Waals surface area contributed by atoms with Crippen LogP contribution in [-0.2, 0) is 11.3 Å². The average molecular weight is 273 g/mol. The molecular formula is C16H23N3O. The second kappa shape index (κ2) is 5.52. The molecule has 3 rings (SSSR count). The predicted molar refractivity (Wildman–Crippen MR) is 77.7 cm³/mol. The van der Waals surface area contributed by atoms with Crippen LogP contribution in [0, 0.1) is 11.3 Å². The maximum atomic E-state index is 11.9. The molecule has 0 bridgehead atoms. The van der Waals surface area contributed by atoms with Gasteiger partial charge in [-0.05, 0) is 49.9 Å². The fourth-order valence-electron chi connectivity index (χ4n) is 3.31. The Morgan fingerprint density at radius 1 is 1.40 bits per heavy atom. The number of likely N-dealkylation sites (tertiary alicyclic amines) is 1. The molecule has 4 nitrogen and oxygen atoms in total. The molecule has 0 aromatic carbocycles. The van der Waals surface area contributed by atoms with Crippen molar-refractivity contribution in [1.29, 1.82) is 0 Å². The molecule has 1 aliphatic carbocycles. The van der Waals surface area contributed by atoms with Crippen LogP contribution in [0.2, 0.25) is 0 Å². The highest BCUT2D eigenvalue weighted by Crippen LogP contribution is 2.45. The summed E-state index contributed by atoms with van der Waals surface area (Å²) in [4.78, 5) is 18.5. The van der Waals surface area contributed by atoms with E-state index >= 15 is 0 Å². The molecule has 2 aliphatic rings. The molecule has 2 fully saturated rings. The monoisotopic (exact) mass is 273 g/mol. The number of carbonyl (C=O) groups is 1. The Morgan fingerprint density at radius 3 is 2.70 bits per heavy atom. The number of nitrogens with zero attached hydrogens (tertiary/aromatic N) is 2. The van der Waals surface area contributed by atoms with Gasteiger partial charge in [-0.25, -0.2) is 0 Å². The second-order valence-corrected chi connectivity index (χ2v) is 6.43. The number of hydrogen-bond donors (Lipinski definition) is 1. The normalized spacial score (nSPS) is 22.6. The van der Waals surface area contributed by atoms with Gasteiger partial charge >= 0.3 is 0 Å². The summed E-state index contributed by atoms with van der Waals surface area (Å²) in [5.74, 6) is 0.679. The first-order chi connectivity index (χ1) is 9.68. The van der Waals surface area contributed by atoms with E-state index in [0.717, 1.165) is 44.8 Å². The Morgan fingerprint density at radius 2 is 2.15 bits per heavy atom. The van der Waals surface area contributed by atoms with E-state index in [1.165, 1.54) is 18.4 Å². The van der Waals surface area contributed by atoms with E-state index in [1.54, 1.807) is 6.20 Å². The zero-order valence-electron chi connectivity index (χ0n) is 11.9. The quantitative estimate of drug-likeness (QED) is 0.892. The van der Waals surface area contributed by atoms with Crippen LogP contribution in [0.5, 0.6) is 0 Å². The largest absolute Gasteiger partial charge is 0.369 e. The van der Waals surface area contributed by atoms with E-state index in [4.69, 9.17) is 5.73 Å². The summed E-state index contributed by atoms with van der Waals surface area (Å²) < 4.78 is 0. The van der Waals surface area contributed by atoms with E-state index < -0.39 is 0 Å². The molecule has 20 heavy (non-hydrogen) atoms. The van der Waals surface area contributed by atoms with Crippen LogP contribution in [-0.4, -0.2) is 28.9 Å². The fraction of sp³-hybridized carbons (Fsp3) is 0.625. The number of primary amides is 1. The highest BCUT2D eigenvalue weighted by molar-refractivity contribution is 5.81. The first-order valence-corrected chi connectivity index (χ1v) is 7.59. The fourth-order valence-corrected chi connectivity index (χ4v) is 3.31. The molecular weight excluding hydrogens is 250 g/mol. The summed E-state index contributed by atoms with van der Waals surface area (Å²) in [6, 6.07) is 4.08. The first-order valence-electron chi connectivity index (χ1n) is 7.59. The van der Waals surface area contributed by atoms with Gasteiger partial charge in [0, 0.05) is 18.9 Å². The van der Waals surface area contributed by atoms with Gasteiger partial charge in [0.1, 0.15) is 0 Å². The average Bonchev–Trinajstić information content (AvgIpc) is 3.26. The van der Waals surface area contributed by atoms with Crippen LogP contribution >= 0.6 is 0 Å². The lowest BCUT2D eigenvalue weighted by Gasteiger charge is -2.40. The van der Waals surface area contributed by atoms with Crippen molar-refractivity contribution in [2.45, 2.75) is 38.6 Å². The van der Waals surface area contributed by atoms with Crippen LogP contribution in [0.25, 0.3) is 0 Å². The van der Waals surface area contributed by atoms with E-state index in [1.807, 2.05) is 12.3 Å². The molecule has 1 aromatic heterocycles. The molecule has 0 atom stereocenters. The molecule has 0 spiro atoms. The minimum atomic E-state index is -0.230. The van der Waals surface area contributed by atoms with Gasteiger partial charge in [0.15, 0.2) is 0 Å². The molecule has 2 heterocycles. The Bertz CT molecular complexity index is 462. The minimum Gasteiger partial charge on any atom is -0.369 e. The van der Waals surface area contributed by atoms with E-state index in [9.17, 15) is 4.79 Å². The zero-order chi connectivity index (χ0) is 14.0. The number of piperidine rings is 1. The molecule has 0 radical (unpaired) electrons. The van der Waals surface area contributed by atoms with Gasteiger partial charge < -0.3 is 5.73 Å². The van der Waals surface area contributed by atoms with Crippen molar-refractivity contribution in [3.8, 4) is 0 Å². The Hall–Kier alpha value is -1.42. The van der Waals surface area contributed by atoms with Crippen LogP contribution in [0.15, 0.2) is 24.5 Å². The summed E-state index contributed by atoms with van der Waals surface area (Å²) >= 11 is 0. The highest BCUT2D eigenvalue weighted by atomic mass is 16.1. The lowest BCUT2D eigenvalue weighted by atomic mass is 9.73. The number of pyridine rings is 1. The number of carbonyl (C=O) groups excluding carboxylic acids is 1. The maximum absolute atomic E-state index is 11.9. The molecule has 2 N–H and O–H groups in total. The third-order valence-corrected chi connectivity index (χ3v) is 4.84. The van der Waals surface area contributed by atoms with E-state index in [-0.39, 0.29) is 11.3 Å². The summed E-state index contributed by atoms with van der Waals surface area (Å²) in [6.07, 6.45) is 9.14. The smallest absolute Gasteiger partial charge is 0.223 e. The van der Waals surface area contributed by atoms with Crippen LogP contribution < -0.4 is 5.73 Å². The maximum Gasteiger partial charge on any atom is 0.223 e. The van der Waals surface area contributed by atoms with Gasteiger partial charge in [0.05, 0.1) is 5.41 Å². The number of rotatable bonds is 5. The van der Waals surface area contributed by atoms with Crippen molar-refractivity contribution in [3.05, 3.63) is 30.1 Å². The van der Waals surface area contributed by atoms with Gasteiger partial charge in [-0.3, -0.25) is 14.7 Å². The molecule has 4 heteroatoms. The third-order valence-electron chi connectivity index (χ3n) is 4.84. The van der Waals surface area contributed by atoms with Crippen molar-refractivity contribution >= 4 is 5.91 Å². The number of hydrogen-bond acceptors (Lipinski definition) is 3. The van der Waals surface area contributed by atoms with E-state index in [2.05, 4.69) is 16.0 Å². The SMILES string of the molecule is NC(=O)C1(CC2CC2)CCN(Cc2cccnc2)CC1. The zero-order valence-corrected chi connectivity index (χ0v) is 11.9. The summed E-state index contributed by atoms with van der Waals surface area (Å²) in [6.45, 7) is 2.85. The van der Waals surface area contributed by atoms with Crippen LogP contribution in [0.1, 0.15) is 37.7 Å². The van der Waals surface area contributed by atoms with Crippen LogP contribution in [0.3, 0.4) is 0 Å². The summed E-state index contributed by atoms with van der Waals surface area (Å²) in [5.41, 5.74) is 6.72. The predicted octanol–water partition coefficient (Wildman–Crippen LogP) is 1.95. The number of nitrogens with two attached hydrogens (primary N) is 1. The lowest BCUT2D eigenvalue weighted by Crippen LogP contribution is -2.47. The molecule has 1 amide bonds. The van der Waals surface area contributed by atoms with Crippen molar-refractivity contribution in [1.82, 2.24) is 9.88 Å². The summed E-state index contributed by atoms with van der Waals surface area (Å²) in [7, 11) is 0. The van der Waals surface area contributed by atoms with Crippen molar-refractivity contribution in [2.75, 3.05) is 13.1 Å². The van der Waals surface area contributed by atoms with Crippen molar-refractivity contribution < 1.29 is 4.79 Å². The number of amides is 1. The molecule has 108 valence electrons. The van der Waals surface area contributed by atoms with Gasteiger partial charge in [0.2, 0.25) is 5.91 Å². The first kappa shape index (κ1) is 13.6. The number of aromatic nitrogens is 1. The van der Waals surface area contributed by atoms with Crippen LogP contribution in [0.4, 0.5) is 0 Å². The van der Waals surface area contributed by atoms with Gasteiger partial charge in [-0.2, -0.15) is 0 Å². The highest BCUT2D eigenvalue weighted by Gasteiger charge is 2.43. The molecule has 0 unspecified atom stereocenters. The van der Waals surface area contributed by atoms with Gasteiger partial charge in [-0.1, -0.05) is 18.9 Å².